The summed E-state index contributed by atoms with van der Waals surface area (Å²) in [6, 6.07) is 5.73. The van der Waals surface area contributed by atoms with Crippen LogP contribution in [-0.2, 0) is 16.4 Å². The summed E-state index contributed by atoms with van der Waals surface area (Å²) in [5, 5.41) is 2.81. The Hall–Kier alpha value is -1.67. The van der Waals surface area contributed by atoms with Gasteiger partial charge in [-0.05, 0) is 37.0 Å². The summed E-state index contributed by atoms with van der Waals surface area (Å²) < 4.78 is 37.9. The predicted octanol–water partition coefficient (Wildman–Crippen LogP) is 1.09. The SMILES string of the molecule is CS(=O)(=O)N[C@@H]1CCCN(C(=O)NCCc2ccc(F)cc2)C1. The van der Waals surface area contributed by atoms with Gasteiger partial charge in [0.25, 0.3) is 0 Å². The van der Waals surface area contributed by atoms with Crippen molar-refractivity contribution in [2.75, 3.05) is 25.9 Å². The number of halogens is 1. The van der Waals surface area contributed by atoms with Gasteiger partial charge < -0.3 is 10.2 Å². The molecule has 0 spiro atoms. The number of nitrogens with zero attached hydrogens (tertiary/aromatic N) is 1. The Bertz CT molecular complexity index is 634. The molecule has 2 N–H and O–H groups in total. The molecule has 0 radical (unpaired) electrons. The number of benzene rings is 1. The van der Waals surface area contributed by atoms with E-state index in [1.165, 1.54) is 12.1 Å². The fourth-order valence-electron chi connectivity index (χ4n) is 2.64. The summed E-state index contributed by atoms with van der Waals surface area (Å²) >= 11 is 0. The van der Waals surface area contributed by atoms with E-state index < -0.39 is 10.0 Å². The van der Waals surface area contributed by atoms with E-state index in [0.717, 1.165) is 24.7 Å². The number of likely N-dealkylation sites (tertiary alicyclic amines) is 1. The maximum absolute atomic E-state index is 12.8. The maximum Gasteiger partial charge on any atom is 0.317 e. The van der Waals surface area contributed by atoms with E-state index in [4.69, 9.17) is 0 Å². The number of carbonyl (C=O) groups is 1. The molecule has 0 bridgehead atoms. The van der Waals surface area contributed by atoms with Crippen LogP contribution in [-0.4, -0.2) is 51.3 Å². The first kappa shape index (κ1) is 17.7. The van der Waals surface area contributed by atoms with E-state index >= 15 is 0 Å². The lowest BCUT2D eigenvalue weighted by atomic mass is 10.1. The largest absolute Gasteiger partial charge is 0.338 e. The van der Waals surface area contributed by atoms with Crippen molar-refractivity contribution in [3.8, 4) is 0 Å². The van der Waals surface area contributed by atoms with Crippen molar-refractivity contribution < 1.29 is 17.6 Å². The van der Waals surface area contributed by atoms with E-state index in [-0.39, 0.29) is 17.9 Å². The number of carbonyl (C=O) groups excluding carboxylic acids is 1. The second-order valence-corrected chi connectivity index (χ2v) is 7.56. The maximum atomic E-state index is 12.8. The Labute approximate surface area is 136 Å². The van der Waals surface area contributed by atoms with Gasteiger partial charge in [0.2, 0.25) is 10.0 Å². The highest BCUT2D eigenvalue weighted by atomic mass is 32.2. The molecule has 8 heteroatoms. The minimum absolute atomic E-state index is 0.202. The summed E-state index contributed by atoms with van der Waals surface area (Å²) in [6.45, 7) is 1.44. The molecule has 1 saturated heterocycles. The predicted molar refractivity (Wildman–Crippen MR) is 86.1 cm³/mol. The summed E-state index contributed by atoms with van der Waals surface area (Å²) in [6.07, 6.45) is 3.23. The molecule has 23 heavy (non-hydrogen) atoms. The molecule has 1 fully saturated rings. The van der Waals surface area contributed by atoms with Crippen molar-refractivity contribution in [3.63, 3.8) is 0 Å². The van der Waals surface area contributed by atoms with Gasteiger partial charge in [-0.15, -0.1) is 0 Å². The van der Waals surface area contributed by atoms with Crippen molar-refractivity contribution in [1.29, 1.82) is 0 Å². The number of rotatable bonds is 5. The number of hydrogen-bond acceptors (Lipinski definition) is 3. The van der Waals surface area contributed by atoms with Crippen LogP contribution in [0.2, 0.25) is 0 Å². The molecule has 2 rings (SSSR count). The number of piperidine rings is 1. The number of nitrogens with one attached hydrogen (secondary N) is 2. The topological polar surface area (TPSA) is 78.5 Å². The third-order valence-electron chi connectivity index (χ3n) is 3.69. The van der Waals surface area contributed by atoms with E-state index in [1.54, 1.807) is 17.0 Å². The van der Waals surface area contributed by atoms with Gasteiger partial charge in [-0.2, -0.15) is 0 Å². The second-order valence-electron chi connectivity index (χ2n) is 5.78. The summed E-state index contributed by atoms with van der Waals surface area (Å²) in [5.74, 6) is -0.282. The first-order chi connectivity index (χ1) is 10.8. The molecule has 0 unspecified atom stereocenters. The number of sulfonamides is 1. The van der Waals surface area contributed by atoms with E-state index in [9.17, 15) is 17.6 Å². The Morgan fingerprint density at radius 2 is 2.04 bits per heavy atom. The fourth-order valence-corrected chi connectivity index (χ4v) is 3.44. The molecule has 1 heterocycles. The Kier molecular flexibility index (Phi) is 5.95. The van der Waals surface area contributed by atoms with Crippen LogP contribution in [0.15, 0.2) is 24.3 Å². The van der Waals surface area contributed by atoms with Crippen LogP contribution in [0.3, 0.4) is 0 Å². The molecule has 1 aromatic rings. The quantitative estimate of drug-likeness (QED) is 0.840. The van der Waals surface area contributed by atoms with Crippen LogP contribution in [0.5, 0.6) is 0 Å². The number of hydrogen-bond donors (Lipinski definition) is 2. The van der Waals surface area contributed by atoms with Crippen molar-refractivity contribution in [1.82, 2.24) is 14.9 Å². The molecule has 2 amide bonds. The van der Waals surface area contributed by atoms with Gasteiger partial charge in [0, 0.05) is 25.7 Å². The van der Waals surface area contributed by atoms with Crippen LogP contribution < -0.4 is 10.0 Å². The summed E-state index contributed by atoms with van der Waals surface area (Å²) in [4.78, 5) is 13.8. The molecule has 128 valence electrons. The standard InChI is InChI=1S/C15H22FN3O3S/c1-23(21,22)18-14-3-2-10-19(11-14)15(20)17-9-8-12-4-6-13(16)7-5-12/h4-7,14,18H,2-3,8-11H2,1H3,(H,17,20)/t14-/m1/s1. The highest BCUT2D eigenvalue weighted by molar-refractivity contribution is 7.88. The Balaban J connectivity index is 1.77. The minimum atomic E-state index is -3.27. The molecular formula is C15H22FN3O3S. The molecule has 1 aliphatic rings. The average molecular weight is 343 g/mol. The fraction of sp³-hybridized carbons (Fsp3) is 0.533. The van der Waals surface area contributed by atoms with Gasteiger partial charge in [-0.25, -0.2) is 22.3 Å². The lowest BCUT2D eigenvalue weighted by molar-refractivity contribution is 0.177. The lowest BCUT2D eigenvalue weighted by Crippen LogP contribution is -2.52. The normalized spacial score (nSPS) is 18.7. The van der Waals surface area contributed by atoms with Gasteiger partial charge in [-0.1, -0.05) is 12.1 Å². The highest BCUT2D eigenvalue weighted by Gasteiger charge is 2.25. The molecule has 1 aromatic carbocycles. The molecule has 0 saturated carbocycles. The van der Waals surface area contributed by atoms with Crippen LogP contribution in [0.4, 0.5) is 9.18 Å². The molecule has 1 atom stereocenters. The first-order valence-corrected chi connectivity index (χ1v) is 9.47. The monoisotopic (exact) mass is 343 g/mol. The lowest BCUT2D eigenvalue weighted by Gasteiger charge is -2.32. The third kappa shape index (κ3) is 6.15. The highest BCUT2D eigenvalue weighted by Crippen LogP contribution is 2.11. The van der Waals surface area contributed by atoms with E-state index in [2.05, 4.69) is 10.0 Å². The third-order valence-corrected chi connectivity index (χ3v) is 4.45. The van der Waals surface area contributed by atoms with Gasteiger partial charge in [-0.3, -0.25) is 0 Å². The van der Waals surface area contributed by atoms with E-state index in [0.29, 0.717) is 26.1 Å². The van der Waals surface area contributed by atoms with Crippen molar-refractivity contribution in [3.05, 3.63) is 35.6 Å². The first-order valence-electron chi connectivity index (χ1n) is 7.58. The summed E-state index contributed by atoms with van der Waals surface area (Å²) in [7, 11) is -3.27. The van der Waals surface area contributed by atoms with E-state index in [1.807, 2.05) is 0 Å². The zero-order valence-electron chi connectivity index (χ0n) is 13.1. The van der Waals surface area contributed by atoms with Gasteiger partial charge in [0.1, 0.15) is 5.82 Å². The van der Waals surface area contributed by atoms with Gasteiger partial charge in [0.05, 0.1) is 6.26 Å². The second kappa shape index (κ2) is 7.74. The van der Waals surface area contributed by atoms with Crippen molar-refractivity contribution in [2.45, 2.75) is 25.3 Å². The molecule has 6 nitrogen and oxygen atoms in total. The van der Waals surface area contributed by atoms with Crippen LogP contribution >= 0.6 is 0 Å². The molecule has 1 aliphatic heterocycles. The Morgan fingerprint density at radius 1 is 1.35 bits per heavy atom. The van der Waals surface area contributed by atoms with Crippen LogP contribution in [0, 0.1) is 5.82 Å². The average Bonchev–Trinajstić information content (AvgIpc) is 2.48. The van der Waals surface area contributed by atoms with Crippen molar-refractivity contribution in [2.24, 2.45) is 0 Å². The molecule has 0 aromatic heterocycles. The zero-order chi connectivity index (χ0) is 16.9. The van der Waals surface area contributed by atoms with Crippen LogP contribution in [0.1, 0.15) is 18.4 Å². The number of urea groups is 1. The summed E-state index contributed by atoms with van der Waals surface area (Å²) in [5.41, 5.74) is 0.946. The Morgan fingerprint density at radius 3 is 2.70 bits per heavy atom. The van der Waals surface area contributed by atoms with Crippen LogP contribution in [0.25, 0.3) is 0 Å². The molecular weight excluding hydrogens is 321 g/mol. The number of amides is 2. The molecule has 0 aliphatic carbocycles. The van der Waals surface area contributed by atoms with Gasteiger partial charge >= 0.3 is 6.03 Å². The van der Waals surface area contributed by atoms with Gasteiger partial charge in [0.15, 0.2) is 0 Å². The minimum Gasteiger partial charge on any atom is -0.338 e. The zero-order valence-corrected chi connectivity index (χ0v) is 13.9. The van der Waals surface area contributed by atoms with Crippen molar-refractivity contribution >= 4 is 16.1 Å². The smallest absolute Gasteiger partial charge is 0.317 e.